The van der Waals surface area contributed by atoms with Gasteiger partial charge in [0, 0.05) is 11.4 Å². The summed E-state index contributed by atoms with van der Waals surface area (Å²) in [5.74, 6) is 2.94. The van der Waals surface area contributed by atoms with Crippen molar-refractivity contribution in [1.29, 1.82) is 0 Å². The highest BCUT2D eigenvalue weighted by Gasteiger charge is 2.14. The summed E-state index contributed by atoms with van der Waals surface area (Å²) in [6.45, 7) is 9.09. The highest BCUT2D eigenvalue weighted by molar-refractivity contribution is 6.18. The molecule has 0 radical (unpaired) electrons. The minimum Gasteiger partial charge on any atom is -0.496 e. The van der Waals surface area contributed by atoms with Crippen LogP contribution in [-0.2, 0) is 24.6 Å². The van der Waals surface area contributed by atoms with E-state index in [1.165, 1.54) is 16.7 Å². The lowest BCUT2D eigenvalue weighted by atomic mass is 9.88. The molecule has 0 bridgehead atoms. The Bertz CT molecular complexity index is 735. The number of rotatable bonds is 8. The number of benzene rings is 2. The van der Waals surface area contributed by atoms with E-state index in [0.717, 1.165) is 35.3 Å². The molecule has 3 heteroatoms. The van der Waals surface area contributed by atoms with Gasteiger partial charge >= 0.3 is 0 Å². The molecule has 0 N–H and O–H groups in total. The lowest BCUT2D eigenvalue weighted by Gasteiger charge is -2.18. The molecule has 0 spiro atoms. The Labute approximate surface area is 168 Å². The van der Waals surface area contributed by atoms with Crippen molar-refractivity contribution < 1.29 is 4.74 Å². The van der Waals surface area contributed by atoms with Crippen LogP contribution in [0.1, 0.15) is 49.9 Å². The van der Waals surface area contributed by atoms with E-state index in [1.807, 2.05) is 6.07 Å². The van der Waals surface area contributed by atoms with Gasteiger partial charge < -0.3 is 4.74 Å². The fourth-order valence-electron chi connectivity index (χ4n) is 3.40. The maximum atomic E-state index is 6.24. The lowest BCUT2D eigenvalue weighted by molar-refractivity contribution is 0.411. The average Bonchev–Trinajstić information content (AvgIpc) is 2.61. The molecule has 2 aromatic rings. The zero-order chi connectivity index (χ0) is 19.3. The largest absolute Gasteiger partial charge is 0.496 e. The van der Waals surface area contributed by atoms with Crippen LogP contribution < -0.4 is 4.74 Å². The van der Waals surface area contributed by atoms with Crippen molar-refractivity contribution in [3.63, 3.8) is 0 Å². The van der Waals surface area contributed by atoms with E-state index in [4.69, 9.17) is 27.9 Å². The second kappa shape index (κ2) is 9.67. The molecule has 0 saturated heterocycles. The summed E-state index contributed by atoms with van der Waals surface area (Å²) in [7, 11) is 1.67. The number of alkyl halides is 2. The highest BCUT2D eigenvalue weighted by Crippen LogP contribution is 2.34. The van der Waals surface area contributed by atoms with Crippen molar-refractivity contribution in [3.8, 4) is 16.9 Å². The van der Waals surface area contributed by atoms with Crippen molar-refractivity contribution in [2.75, 3.05) is 7.11 Å². The summed E-state index contributed by atoms with van der Waals surface area (Å²) < 4.78 is 5.47. The van der Waals surface area contributed by atoms with Gasteiger partial charge in [0.05, 0.1) is 13.0 Å². The maximum Gasteiger partial charge on any atom is 0.123 e. The first kappa shape index (κ1) is 21.1. The number of halogens is 2. The lowest BCUT2D eigenvalue weighted by Crippen LogP contribution is -2.04. The van der Waals surface area contributed by atoms with Crippen LogP contribution in [0.3, 0.4) is 0 Å². The smallest absolute Gasteiger partial charge is 0.123 e. The zero-order valence-corrected chi connectivity index (χ0v) is 18.0. The molecule has 2 rings (SSSR count). The van der Waals surface area contributed by atoms with Crippen LogP contribution in [0.15, 0.2) is 30.3 Å². The van der Waals surface area contributed by atoms with Crippen LogP contribution in [0.2, 0.25) is 0 Å². The minimum atomic E-state index is 0.420. The Hall–Kier alpha value is -1.18. The van der Waals surface area contributed by atoms with Gasteiger partial charge in [0.15, 0.2) is 0 Å². The number of hydrogen-bond acceptors (Lipinski definition) is 1. The Morgan fingerprint density at radius 2 is 1.38 bits per heavy atom. The minimum absolute atomic E-state index is 0.420. The van der Waals surface area contributed by atoms with Crippen molar-refractivity contribution in [3.05, 3.63) is 52.6 Å². The monoisotopic (exact) mass is 392 g/mol. The zero-order valence-electron chi connectivity index (χ0n) is 16.5. The van der Waals surface area contributed by atoms with Gasteiger partial charge in [0.2, 0.25) is 0 Å². The molecule has 0 aliphatic rings. The predicted octanol–water partition coefficient (Wildman–Crippen LogP) is 7.24. The summed E-state index contributed by atoms with van der Waals surface area (Å²) in [4.78, 5) is 0. The molecule has 0 unspecified atom stereocenters. The van der Waals surface area contributed by atoms with Gasteiger partial charge in [0.1, 0.15) is 5.75 Å². The molecule has 0 amide bonds. The molecule has 0 fully saturated rings. The van der Waals surface area contributed by atoms with E-state index in [2.05, 4.69) is 52.0 Å². The molecule has 0 saturated carbocycles. The molecule has 0 aromatic heterocycles. The third-order valence-electron chi connectivity index (χ3n) is 4.57. The molecule has 0 aliphatic carbocycles. The van der Waals surface area contributed by atoms with Gasteiger partial charge in [-0.25, -0.2) is 0 Å². The summed E-state index contributed by atoms with van der Waals surface area (Å²) in [6, 6.07) is 11.0. The van der Waals surface area contributed by atoms with E-state index >= 15 is 0 Å². The summed E-state index contributed by atoms with van der Waals surface area (Å²) in [6.07, 6.45) is 2.20. The van der Waals surface area contributed by atoms with E-state index < -0.39 is 0 Å². The van der Waals surface area contributed by atoms with Crippen molar-refractivity contribution in [2.45, 2.75) is 52.3 Å². The summed E-state index contributed by atoms with van der Waals surface area (Å²) in [5, 5.41) is 0. The molecular weight excluding hydrogens is 363 g/mol. The second-order valence-corrected chi connectivity index (χ2v) is 8.30. The van der Waals surface area contributed by atoms with E-state index in [9.17, 15) is 0 Å². The van der Waals surface area contributed by atoms with Crippen LogP contribution in [0.25, 0.3) is 11.1 Å². The number of hydrogen-bond donors (Lipinski definition) is 0. The fourth-order valence-corrected chi connectivity index (χ4v) is 3.83. The third-order valence-corrected chi connectivity index (χ3v) is 5.14. The SMILES string of the molecule is COc1cc(CCl)c(-c2ccc(CC(C)C)c(CC(C)C)c2)cc1CCl. The van der Waals surface area contributed by atoms with Gasteiger partial charge in [-0.3, -0.25) is 0 Å². The molecule has 0 aliphatic heterocycles. The van der Waals surface area contributed by atoms with E-state index in [0.29, 0.717) is 23.6 Å². The van der Waals surface area contributed by atoms with Crippen LogP contribution in [-0.4, -0.2) is 7.11 Å². The topological polar surface area (TPSA) is 9.23 Å². The standard InChI is InChI=1S/C23H30Cl2O/c1-15(2)8-17-6-7-18(10-19(17)9-16(3)4)22-11-21(14-25)23(26-5)12-20(22)13-24/h6-7,10-12,15-16H,8-9,13-14H2,1-5H3. The maximum absolute atomic E-state index is 6.24. The molecule has 26 heavy (non-hydrogen) atoms. The Kier molecular flexibility index (Phi) is 7.85. The summed E-state index contributed by atoms with van der Waals surface area (Å²) >= 11 is 12.4. The van der Waals surface area contributed by atoms with E-state index in [-0.39, 0.29) is 0 Å². The van der Waals surface area contributed by atoms with E-state index in [1.54, 1.807) is 7.11 Å². The van der Waals surface area contributed by atoms with Gasteiger partial charge in [-0.2, -0.15) is 0 Å². The van der Waals surface area contributed by atoms with Gasteiger partial charge in [-0.1, -0.05) is 45.9 Å². The third kappa shape index (κ3) is 5.18. The first-order chi connectivity index (χ1) is 12.4. The van der Waals surface area contributed by atoms with Crippen LogP contribution >= 0.6 is 23.2 Å². The highest BCUT2D eigenvalue weighted by atomic mass is 35.5. The van der Waals surface area contributed by atoms with Crippen molar-refractivity contribution in [1.82, 2.24) is 0 Å². The van der Waals surface area contributed by atoms with Crippen LogP contribution in [0, 0.1) is 11.8 Å². The average molecular weight is 393 g/mol. The molecule has 1 nitrogen and oxygen atoms in total. The number of methoxy groups -OCH3 is 1. The Morgan fingerprint density at radius 3 is 1.92 bits per heavy atom. The predicted molar refractivity (Wildman–Crippen MR) is 115 cm³/mol. The number of ether oxygens (including phenoxy) is 1. The molecular formula is C23H30Cl2O. The van der Waals surface area contributed by atoms with Gasteiger partial charge in [-0.15, -0.1) is 23.2 Å². The Balaban J connectivity index is 2.57. The first-order valence-corrected chi connectivity index (χ1v) is 10.4. The van der Waals surface area contributed by atoms with Crippen LogP contribution in [0.5, 0.6) is 5.75 Å². The molecule has 0 heterocycles. The summed E-state index contributed by atoms with van der Waals surface area (Å²) in [5.41, 5.74) is 7.32. The van der Waals surface area contributed by atoms with Crippen molar-refractivity contribution >= 4 is 23.2 Å². The first-order valence-electron chi connectivity index (χ1n) is 9.33. The van der Waals surface area contributed by atoms with Crippen LogP contribution in [0.4, 0.5) is 0 Å². The van der Waals surface area contributed by atoms with Crippen molar-refractivity contribution in [2.24, 2.45) is 11.8 Å². The fraction of sp³-hybridized carbons (Fsp3) is 0.478. The Morgan fingerprint density at radius 1 is 0.769 bits per heavy atom. The molecule has 2 aromatic carbocycles. The van der Waals surface area contributed by atoms with Gasteiger partial charge in [0.25, 0.3) is 0 Å². The molecule has 0 atom stereocenters. The quantitative estimate of drug-likeness (QED) is 0.430. The molecule has 142 valence electrons. The second-order valence-electron chi connectivity index (χ2n) is 7.77. The van der Waals surface area contributed by atoms with Gasteiger partial charge in [-0.05, 0) is 64.6 Å². The normalized spacial score (nSPS) is 11.4.